The van der Waals surface area contributed by atoms with Gasteiger partial charge in [0.05, 0.1) is 5.92 Å². The molecule has 0 spiro atoms. The molecule has 1 aliphatic heterocycles. The van der Waals surface area contributed by atoms with Crippen LogP contribution in [-0.2, 0) is 9.53 Å². The van der Waals surface area contributed by atoms with Crippen molar-refractivity contribution < 1.29 is 14.3 Å². The minimum atomic E-state index is -0.559. The second-order valence-electron chi connectivity index (χ2n) is 5.72. The van der Waals surface area contributed by atoms with Crippen LogP contribution >= 0.6 is 0 Å². The van der Waals surface area contributed by atoms with E-state index >= 15 is 0 Å². The molecule has 0 aromatic heterocycles. The van der Waals surface area contributed by atoms with E-state index in [1.165, 1.54) is 4.90 Å². The van der Waals surface area contributed by atoms with E-state index in [0.29, 0.717) is 13.1 Å². The minimum Gasteiger partial charge on any atom is -0.443 e. The number of carbonyl (C=O) groups is 2. The molecule has 1 fully saturated rings. The third-order valence-electron chi connectivity index (χ3n) is 2.52. The minimum absolute atomic E-state index is 0.0856. The molecule has 5 heteroatoms. The van der Waals surface area contributed by atoms with Gasteiger partial charge in [-0.15, -0.1) is 0 Å². The molecule has 1 heterocycles. The Morgan fingerprint density at radius 2 is 2.06 bits per heavy atom. The monoisotopic (exact) mass is 242 g/mol. The normalized spacial score (nSPS) is 21.2. The summed E-state index contributed by atoms with van der Waals surface area (Å²) in [5.41, 5.74) is -0.559. The van der Waals surface area contributed by atoms with Crippen LogP contribution < -0.4 is 0 Å². The van der Waals surface area contributed by atoms with Crippen LogP contribution in [0, 0.1) is 5.92 Å². The molecule has 5 nitrogen and oxygen atoms in total. The average molecular weight is 242 g/mol. The van der Waals surface area contributed by atoms with Crippen molar-refractivity contribution in [2.24, 2.45) is 5.92 Å². The molecule has 0 bridgehead atoms. The standard InChI is InChI=1S/C12H22N2O3/c1-12(2,3)17-11(16)14-7-6-9(10(14)15)8-13(4)5/h9H,6-8H2,1-5H3. The summed E-state index contributed by atoms with van der Waals surface area (Å²) in [6.07, 6.45) is 0.194. The number of imide groups is 1. The van der Waals surface area contributed by atoms with Crippen molar-refractivity contribution in [1.29, 1.82) is 0 Å². The topological polar surface area (TPSA) is 49.9 Å². The second kappa shape index (κ2) is 5.04. The summed E-state index contributed by atoms with van der Waals surface area (Å²) < 4.78 is 5.20. The smallest absolute Gasteiger partial charge is 0.417 e. The SMILES string of the molecule is CN(C)CC1CCN(C(=O)OC(C)(C)C)C1=O. The molecule has 2 amide bonds. The Labute approximate surface area is 103 Å². The summed E-state index contributed by atoms with van der Waals surface area (Å²) in [4.78, 5) is 26.9. The first-order valence-electron chi connectivity index (χ1n) is 5.90. The summed E-state index contributed by atoms with van der Waals surface area (Å²) in [6.45, 7) is 6.53. The van der Waals surface area contributed by atoms with Gasteiger partial charge in [-0.2, -0.15) is 0 Å². The Morgan fingerprint density at radius 3 is 2.53 bits per heavy atom. The molecule has 0 N–H and O–H groups in total. The summed E-state index contributed by atoms with van der Waals surface area (Å²) in [7, 11) is 3.84. The first-order valence-corrected chi connectivity index (χ1v) is 5.90. The molecule has 0 radical (unpaired) electrons. The zero-order chi connectivity index (χ0) is 13.2. The third kappa shape index (κ3) is 4.00. The fourth-order valence-electron chi connectivity index (χ4n) is 1.85. The molecule has 1 aliphatic rings. The van der Waals surface area contributed by atoms with Gasteiger partial charge >= 0.3 is 6.09 Å². The molecular weight excluding hydrogens is 220 g/mol. The molecule has 98 valence electrons. The molecule has 0 aliphatic carbocycles. The Bertz CT molecular complexity index is 307. The predicted octanol–water partition coefficient (Wildman–Crippen LogP) is 1.33. The summed E-state index contributed by atoms with van der Waals surface area (Å²) in [6, 6.07) is 0. The lowest BCUT2D eigenvalue weighted by atomic mass is 10.1. The molecule has 0 aromatic rings. The van der Waals surface area contributed by atoms with E-state index in [1.807, 2.05) is 19.0 Å². The van der Waals surface area contributed by atoms with Gasteiger partial charge in [-0.1, -0.05) is 0 Å². The van der Waals surface area contributed by atoms with Crippen LogP contribution in [0.5, 0.6) is 0 Å². The van der Waals surface area contributed by atoms with Gasteiger partial charge in [-0.25, -0.2) is 9.69 Å². The number of rotatable bonds is 2. The zero-order valence-electron chi connectivity index (χ0n) is 11.3. The van der Waals surface area contributed by atoms with Crippen LogP contribution in [0.25, 0.3) is 0 Å². The lowest BCUT2D eigenvalue weighted by Gasteiger charge is -2.23. The van der Waals surface area contributed by atoms with Crippen LogP contribution in [0.1, 0.15) is 27.2 Å². The van der Waals surface area contributed by atoms with E-state index in [1.54, 1.807) is 20.8 Å². The highest BCUT2D eigenvalue weighted by molar-refractivity contribution is 5.95. The van der Waals surface area contributed by atoms with Gasteiger partial charge in [-0.05, 0) is 41.3 Å². The summed E-state index contributed by atoms with van der Waals surface area (Å²) in [5, 5.41) is 0. The fourth-order valence-corrected chi connectivity index (χ4v) is 1.85. The van der Waals surface area contributed by atoms with Crippen LogP contribution in [0.2, 0.25) is 0 Å². The quantitative estimate of drug-likeness (QED) is 0.733. The van der Waals surface area contributed by atoms with Crippen molar-refractivity contribution >= 4 is 12.0 Å². The fraction of sp³-hybridized carbons (Fsp3) is 0.833. The van der Waals surface area contributed by atoms with Gasteiger partial charge in [0, 0.05) is 13.1 Å². The second-order valence-corrected chi connectivity index (χ2v) is 5.72. The van der Waals surface area contributed by atoms with Crippen LogP contribution in [0.15, 0.2) is 0 Å². The number of amides is 2. The Morgan fingerprint density at radius 1 is 1.47 bits per heavy atom. The maximum absolute atomic E-state index is 12.0. The van der Waals surface area contributed by atoms with Gasteiger partial charge in [0.25, 0.3) is 0 Å². The predicted molar refractivity (Wildman–Crippen MR) is 64.6 cm³/mol. The Kier molecular flexibility index (Phi) is 4.14. The zero-order valence-corrected chi connectivity index (χ0v) is 11.3. The van der Waals surface area contributed by atoms with Crippen LogP contribution in [0.3, 0.4) is 0 Å². The lowest BCUT2D eigenvalue weighted by Crippen LogP contribution is -2.39. The van der Waals surface area contributed by atoms with E-state index in [-0.39, 0.29) is 11.8 Å². The molecule has 1 unspecified atom stereocenters. The van der Waals surface area contributed by atoms with Crippen molar-refractivity contribution in [2.45, 2.75) is 32.8 Å². The van der Waals surface area contributed by atoms with Crippen molar-refractivity contribution in [3.8, 4) is 0 Å². The maximum atomic E-state index is 12.0. The third-order valence-corrected chi connectivity index (χ3v) is 2.52. The molecule has 1 atom stereocenters. The molecule has 1 saturated heterocycles. The van der Waals surface area contributed by atoms with E-state index in [0.717, 1.165) is 6.42 Å². The number of carbonyl (C=O) groups excluding carboxylic acids is 2. The largest absolute Gasteiger partial charge is 0.443 e. The maximum Gasteiger partial charge on any atom is 0.417 e. The van der Waals surface area contributed by atoms with Crippen molar-refractivity contribution in [2.75, 3.05) is 27.2 Å². The first kappa shape index (κ1) is 14.0. The van der Waals surface area contributed by atoms with Crippen molar-refractivity contribution in [1.82, 2.24) is 9.80 Å². The van der Waals surface area contributed by atoms with Gasteiger partial charge in [0.2, 0.25) is 5.91 Å². The number of hydrogen-bond acceptors (Lipinski definition) is 4. The molecule has 0 saturated carbocycles. The molecule has 0 aromatic carbocycles. The van der Waals surface area contributed by atoms with Gasteiger partial charge in [0.1, 0.15) is 5.60 Å². The lowest BCUT2D eigenvalue weighted by molar-refractivity contribution is -0.130. The first-order chi connectivity index (χ1) is 7.70. The molecule has 17 heavy (non-hydrogen) atoms. The van der Waals surface area contributed by atoms with E-state index in [9.17, 15) is 9.59 Å². The molecule has 1 rings (SSSR count). The van der Waals surface area contributed by atoms with E-state index in [4.69, 9.17) is 4.74 Å². The van der Waals surface area contributed by atoms with E-state index < -0.39 is 11.7 Å². The van der Waals surface area contributed by atoms with Crippen molar-refractivity contribution in [3.05, 3.63) is 0 Å². The van der Waals surface area contributed by atoms with Crippen molar-refractivity contribution in [3.63, 3.8) is 0 Å². The number of likely N-dealkylation sites (tertiary alicyclic amines) is 1. The molecular formula is C12H22N2O3. The van der Waals surface area contributed by atoms with Gasteiger partial charge < -0.3 is 9.64 Å². The number of hydrogen-bond donors (Lipinski definition) is 0. The van der Waals surface area contributed by atoms with Crippen LogP contribution in [-0.4, -0.2) is 54.6 Å². The highest BCUT2D eigenvalue weighted by Gasteiger charge is 2.37. The van der Waals surface area contributed by atoms with Gasteiger partial charge in [-0.3, -0.25) is 4.79 Å². The summed E-state index contributed by atoms with van der Waals surface area (Å²) in [5.74, 6) is -0.203. The number of ether oxygens (including phenoxy) is 1. The highest BCUT2D eigenvalue weighted by atomic mass is 16.6. The summed E-state index contributed by atoms with van der Waals surface area (Å²) >= 11 is 0. The van der Waals surface area contributed by atoms with E-state index in [2.05, 4.69) is 0 Å². The highest BCUT2D eigenvalue weighted by Crippen LogP contribution is 2.21. The Balaban J connectivity index is 2.58. The Hall–Kier alpha value is -1.10. The number of nitrogens with zero attached hydrogens (tertiary/aromatic N) is 2. The average Bonchev–Trinajstić information content (AvgIpc) is 2.44. The van der Waals surface area contributed by atoms with Crippen LogP contribution in [0.4, 0.5) is 4.79 Å². The van der Waals surface area contributed by atoms with Gasteiger partial charge in [0.15, 0.2) is 0 Å².